The zero-order valence-corrected chi connectivity index (χ0v) is 5.91. The second-order valence-electron chi connectivity index (χ2n) is 1.71. The quantitative estimate of drug-likeness (QED) is 0.624. The summed E-state index contributed by atoms with van der Waals surface area (Å²) in [5.74, 6) is 0.0981. The molecule has 0 aromatic carbocycles. The van der Waals surface area contributed by atoms with Gasteiger partial charge in [-0.1, -0.05) is 0 Å². The van der Waals surface area contributed by atoms with Crippen LogP contribution >= 0.6 is 0 Å². The molecule has 10 heavy (non-hydrogen) atoms. The minimum absolute atomic E-state index is 0.0981. The van der Waals surface area contributed by atoms with Crippen LogP contribution in [0.1, 0.15) is 5.56 Å². The topological polar surface area (TPSA) is 63.1 Å². The van der Waals surface area contributed by atoms with Crippen molar-refractivity contribution in [3.05, 3.63) is 24.3 Å². The van der Waals surface area contributed by atoms with E-state index in [1.807, 2.05) is 0 Å². The van der Waals surface area contributed by atoms with E-state index in [9.17, 15) is 4.21 Å². The minimum Gasteiger partial charge on any atom is -0.306 e. The van der Waals surface area contributed by atoms with Crippen LogP contribution in [0.2, 0.25) is 0 Å². The molecule has 1 unspecified atom stereocenters. The molecule has 1 aromatic rings. The highest BCUT2D eigenvalue weighted by molar-refractivity contribution is 7.78. The van der Waals surface area contributed by atoms with Gasteiger partial charge in [0.05, 0.1) is 5.75 Å². The predicted molar refractivity (Wildman–Crippen MR) is 36.5 cm³/mol. The molecule has 0 fully saturated rings. The first-order valence-electron chi connectivity index (χ1n) is 2.60. The zero-order valence-electron chi connectivity index (χ0n) is 5.10. The van der Waals surface area contributed by atoms with Gasteiger partial charge in [-0.15, -0.1) is 0 Å². The first kappa shape index (κ1) is 7.30. The fraction of sp³-hybridized carbons (Fsp3) is 0.200. The van der Waals surface area contributed by atoms with Crippen LogP contribution in [0.4, 0.5) is 0 Å². The van der Waals surface area contributed by atoms with E-state index in [1.54, 1.807) is 0 Å². The van der Waals surface area contributed by atoms with Crippen molar-refractivity contribution < 1.29 is 8.76 Å². The van der Waals surface area contributed by atoms with Crippen molar-refractivity contribution in [1.29, 1.82) is 0 Å². The van der Waals surface area contributed by atoms with Crippen molar-refractivity contribution in [2.45, 2.75) is 5.75 Å². The largest absolute Gasteiger partial charge is 0.306 e. The van der Waals surface area contributed by atoms with Crippen LogP contribution in [0.5, 0.6) is 0 Å². The lowest BCUT2D eigenvalue weighted by Gasteiger charge is -1.91. The van der Waals surface area contributed by atoms with E-state index in [0.717, 1.165) is 0 Å². The van der Waals surface area contributed by atoms with Crippen LogP contribution in [0.15, 0.2) is 18.7 Å². The van der Waals surface area contributed by atoms with Crippen molar-refractivity contribution in [2.75, 3.05) is 0 Å². The maximum atomic E-state index is 10.2. The van der Waals surface area contributed by atoms with Gasteiger partial charge in [-0.3, -0.25) is 0 Å². The van der Waals surface area contributed by atoms with Crippen molar-refractivity contribution in [3.8, 4) is 0 Å². The van der Waals surface area contributed by atoms with Gasteiger partial charge >= 0.3 is 0 Å². The summed E-state index contributed by atoms with van der Waals surface area (Å²) in [6.07, 6.45) is 4.41. The van der Waals surface area contributed by atoms with Gasteiger partial charge in [0.25, 0.3) is 0 Å². The summed E-state index contributed by atoms with van der Waals surface area (Å²) in [5.41, 5.74) is 0.670. The molecule has 1 heterocycles. The molecule has 0 bridgehead atoms. The number of nitrogens with zero attached hydrogens (tertiary/aromatic N) is 2. The number of hydrogen-bond acceptors (Lipinski definition) is 3. The fourth-order valence-corrected chi connectivity index (χ4v) is 0.981. The Labute approximate surface area is 60.6 Å². The lowest BCUT2D eigenvalue weighted by atomic mass is 10.4. The SMILES string of the molecule is O=S(O)Cc1cncnc1. The molecule has 0 aliphatic heterocycles. The van der Waals surface area contributed by atoms with E-state index in [4.69, 9.17) is 4.55 Å². The van der Waals surface area contributed by atoms with Crippen LogP contribution in [0, 0.1) is 0 Å². The molecule has 0 saturated heterocycles. The Hall–Kier alpha value is -0.810. The summed E-state index contributed by atoms with van der Waals surface area (Å²) in [4.78, 5) is 7.36. The average molecular weight is 158 g/mol. The van der Waals surface area contributed by atoms with E-state index >= 15 is 0 Å². The van der Waals surface area contributed by atoms with Crippen LogP contribution in [0.25, 0.3) is 0 Å². The summed E-state index contributed by atoms with van der Waals surface area (Å²) in [5, 5.41) is 0. The Kier molecular flexibility index (Phi) is 2.47. The van der Waals surface area contributed by atoms with Crippen LogP contribution < -0.4 is 0 Å². The molecule has 1 rings (SSSR count). The molecule has 0 radical (unpaired) electrons. The number of hydrogen-bond donors (Lipinski definition) is 1. The Morgan fingerprint density at radius 1 is 1.50 bits per heavy atom. The second-order valence-corrected chi connectivity index (χ2v) is 2.64. The Morgan fingerprint density at radius 2 is 2.10 bits per heavy atom. The van der Waals surface area contributed by atoms with Crippen LogP contribution in [-0.2, 0) is 16.8 Å². The molecular formula is C5H6N2O2S. The summed E-state index contributed by atoms with van der Waals surface area (Å²) in [6.45, 7) is 0. The monoisotopic (exact) mass is 158 g/mol. The predicted octanol–water partition coefficient (Wildman–Crippen LogP) is 0.198. The van der Waals surface area contributed by atoms with E-state index in [-0.39, 0.29) is 5.75 Å². The molecule has 0 amide bonds. The highest BCUT2D eigenvalue weighted by Crippen LogP contribution is 1.95. The lowest BCUT2D eigenvalue weighted by molar-refractivity contribution is 0.563. The molecule has 0 spiro atoms. The standard InChI is InChI=1S/C5H6N2O2S/c8-10(9)3-5-1-6-4-7-2-5/h1-2,4H,3H2,(H,8,9). The van der Waals surface area contributed by atoms with Crippen molar-refractivity contribution in [3.63, 3.8) is 0 Å². The van der Waals surface area contributed by atoms with Gasteiger partial charge in [-0.25, -0.2) is 14.2 Å². The normalized spacial score (nSPS) is 12.9. The maximum Gasteiger partial charge on any atom is 0.157 e. The van der Waals surface area contributed by atoms with Crippen molar-refractivity contribution in [2.24, 2.45) is 0 Å². The Balaban J connectivity index is 2.67. The number of aromatic nitrogens is 2. The summed E-state index contributed by atoms with van der Waals surface area (Å²) in [6, 6.07) is 0. The average Bonchev–Trinajstić information content (AvgIpc) is 1.88. The zero-order chi connectivity index (χ0) is 7.40. The van der Waals surface area contributed by atoms with E-state index in [2.05, 4.69) is 9.97 Å². The van der Waals surface area contributed by atoms with E-state index in [1.165, 1.54) is 18.7 Å². The van der Waals surface area contributed by atoms with Gasteiger partial charge in [0, 0.05) is 18.0 Å². The fourth-order valence-electron chi connectivity index (χ4n) is 0.547. The second kappa shape index (κ2) is 3.38. The molecule has 1 atom stereocenters. The molecule has 5 heteroatoms. The molecule has 0 aliphatic rings. The van der Waals surface area contributed by atoms with Crippen molar-refractivity contribution in [1.82, 2.24) is 9.97 Å². The van der Waals surface area contributed by atoms with E-state index < -0.39 is 11.1 Å². The van der Waals surface area contributed by atoms with Gasteiger partial charge in [0.15, 0.2) is 11.1 Å². The highest BCUT2D eigenvalue weighted by atomic mass is 32.2. The summed E-state index contributed by atoms with van der Waals surface area (Å²) in [7, 11) is 0. The molecule has 4 nitrogen and oxygen atoms in total. The first-order valence-corrected chi connectivity index (χ1v) is 3.88. The van der Waals surface area contributed by atoms with Gasteiger partial charge in [0.1, 0.15) is 6.33 Å². The smallest absolute Gasteiger partial charge is 0.157 e. The third-order valence-electron chi connectivity index (χ3n) is 0.904. The summed E-state index contributed by atoms with van der Waals surface area (Å²) >= 11 is -1.80. The molecule has 1 aromatic heterocycles. The van der Waals surface area contributed by atoms with Gasteiger partial charge < -0.3 is 4.55 Å². The van der Waals surface area contributed by atoms with Gasteiger partial charge in [0.2, 0.25) is 0 Å². The minimum atomic E-state index is -1.80. The molecule has 0 saturated carbocycles. The van der Waals surface area contributed by atoms with Crippen LogP contribution in [-0.4, -0.2) is 18.7 Å². The highest BCUT2D eigenvalue weighted by Gasteiger charge is 1.95. The van der Waals surface area contributed by atoms with Gasteiger partial charge in [-0.05, 0) is 0 Å². The molecular weight excluding hydrogens is 152 g/mol. The molecule has 0 aliphatic carbocycles. The molecule has 54 valence electrons. The number of rotatable bonds is 2. The third-order valence-corrected chi connectivity index (χ3v) is 1.48. The summed E-state index contributed by atoms with van der Waals surface area (Å²) < 4.78 is 18.6. The van der Waals surface area contributed by atoms with Crippen molar-refractivity contribution >= 4 is 11.1 Å². The maximum absolute atomic E-state index is 10.2. The lowest BCUT2D eigenvalue weighted by Crippen LogP contribution is -1.93. The Morgan fingerprint density at radius 3 is 2.60 bits per heavy atom. The first-order chi connectivity index (χ1) is 4.79. The Bertz CT molecular complexity index is 226. The molecule has 1 N–H and O–H groups in total. The van der Waals surface area contributed by atoms with Gasteiger partial charge in [-0.2, -0.15) is 0 Å². The van der Waals surface area contributed by atoms with Crippen LogP contribution in [0.3, 0.4) is 0 Å². The third kappa shape index (κ3) is 2.20. The van der Waals surface area contributed by atoms with E-state index in [0.29, 0.717) is 5.56 Å².